The Bertz CT molecular complexity index is 725. The molecule has 0 radical (unpaired) electrons. The fraction of sp³-hybridized carbons (Fsp3) is 0.0667. The number of rotatable bonds is 3. The number of pyridine rings is 1. The molecule has 0 spiro atoms. The molecule has 0 aliphatic carbocycles. The number of aromatic nitrogens is 1. The number of carbonyl (C=O) groups excluding carboxylic acids is 1. The maximum Gasteiger partial charge on any atom is 0.416 e. The number of allylic oxidation sites excluding steroid dienone is 1. The summed E-state index contributed by atoms with van der Waals surface area (Å²) in [4.78, 5) is 15.5. The van der Waals surface area contributed by atoms with Gasteiger partial charge in [0.15, 0.2) is 5.69 Å². The summed E-state index contributed by atoms with van der Waals surface area (Å²) in [6.07, 6.45) is -0.756. The van der Waals surface area contributed by atoms with Gasteiger partial charge in [0.05, 0.1) is 10.6 Å². The maximum absolute atomic E-state index is 12.4. The fourth-order valence-electron chi connectivity index (χ4n) is 1.65. The second kappa shape index (κ2) is 6.19. The highest BCUT2D eigenvalue weighted by Crippen LogP contribution is 2.29. The molecule has 22 heavy (non-hydrogen) atoms. The molecule has 0 unspecified atom stereocenters. The lowest BCUT2D eigenvalue weighted by Crippen LogP contribution is -2.04. The van der Waals surface area contributed by atoms with E-state index in [4.69, 9.17) is 11.6 Å². The Kier molecular flexibility index (Phi) is 4.51. The Morgan fingerprint density at radius 1 is 1.23 bits per heavy atom. The van der Waals surface area contributed by atoms with Gasteiger partial charge in [-0.25, -0.2) is 4.98 Å². The minimum Gasteiger partial charge on any atom is -0.505 e. The van der Waals surface area contributed by atoms with Crippen LogP contribution in [0.2, 0.25) is 5.02 Å². The molecule has 0 aliphatic rings. The topological polar surface area (TPSA) is 50.2 Å². The predicted octanol–water partition coefficient (Wildman–Crippen LogP) is 4.36. The third-order valence-electron chi connectivity index (χ3n) is 2.73. The zero-order valence-corrected chi connectivity index (χ0v) is 11.7. The van der Waals surface area contributed by atoms with Crippen LogP contribution in [-0.4, -0.2) is 15.9 Å². The van der Waals surface area contributed by atoms with Crippen molar-refractivity contribution >= 4 is 23.5 Å². The summed E-state index contributed by atoms with van der Waals surface area (Å²) in [5.41, 5.74) is -0.546. The summed E-state index contributed by atoms with van der Waals surface area (Å²) >= 11 is 5.60. The first-order valence-electron chi connectivity index (χ1n) is 6.01. The third kappa shape index (κ3) is 3.85. The average Bonchev–Trinajstić information content (AvgIpc) is 2.44. The molecule has 3 nitrogen and oxygen atoms in total. The first-order valence-corrected chi connectivity index (χ1v) is 6.39. The van der Waals surface area contributed by atoms with Gasteiger partial charge in [0.1, 0.15) is 5.75 Å². The number of carbonyl (C=O) groups is 1. The van der Waals surface area contributed by atoms with Gasteiger partial charge in [-0.3, -0.25) is 4.79 Å². The van der Waals surface area contributed by atoms with Gasteiger partial charge >= 0.3 is 6.18 Å². The Hall–Kier alpha value is -2.34. The van der Waals surface area contributed by atoms with Gasteiger partial charge in [-0.1, -0.05) is 29.8 Å². The Balaban J connectivity index is 2.16. The van der Waals surface area contributed by atoms with Crippen LogP contribution in [0.1, 0.15) is 21.6 Å². The van der Waals surface area contributed by atoms with E-state index in [-0.39, 0.29) is 16.5 Å². The molecule has 0 bridgehead atoms. The lowest BCUT2D eigenvalue weighted by molar-refractivity contribution is -0.137. The van der Waals surface area contributed by atoms with Crippen LogP contribution in [-0.2, 0) is 6.18 Å². The van der Waals surface area contributed by atoms with Gasteiger partial charge in [-0.05, 0) is 23.8 Å². The van der Waals surface area contributed by atoms with Crippen LogP contribution in [0.3, 0.4) is 0 Å². The number of hydrogen-bond donors (Lipinski definition) is 1. The van der Waals surface area contributed by atoms with Crippen LogP contribution < -0.4 is 0 Å². The normalized spacial score (nSPS) is 11.8. The van der Waals surface area contributed by atoms with E-state index in [0.717, 1.165) is 18.2 Å². The molecule has 0 amide bonds. The molecule has 0 atom stereocenters. The van der Waals surface area contributed by atoms with Crippen LogP contribution in [0.4, 0.5) is 13.2 Å². The standard InChI is InChI=1S/C15H9ClF3NO2/c16-11-7-13(22)14(20-8-11)12(21)6-3-9-1-4-10(5-2-9)15(17,18)19/h1-8,22H/b6-3+. The minimum absolute atomic E-state index is 0.181. The van der Waals surface area contributed by atoms with Crippen molar-refractivity contribution in [2.45, 2.75) is 6.18 Å². The highest BCUT2D eigenvalue weighted by atomic mass is 35.5. The van der Waals surface area contributed by atoms with E-state index in [9.17, 15) is 23.1 Å². The average molecular weight is 328 g/mol. The molecule has 114 valence electrons. The van der Waals surface area contributed by atoms with Gasteiger partial charge < -0.3 is 5.11 Å². The van der Waals surface area contributed by atoms with E-state index in [1.807, 2.05) is 0 Å². The highest BCUT2D eigenvalue weighted by molar-refractivity contribution is 6.30. The van der Waals surface area contributed by atoms with E-state index in [2.05, 4.69) is 4.98 Å². The van der Waals surface area contributed by atoms with Gasteiger partial charge in [0.25, 0.3) is 0 Å². The first kappa shape index (κ1) is 16.0. The fourth-order valence-corrected chi connectivity index (χ4v) is 1.80. The Morgan fingerprint density at radius 3 is 2.41 bits per heavy atom. The van der Waals surface area contributed by atoms with Crippen molar-refractivity contribution in [3.8, 4) is 5.75 Å². The van der Waals surface area contributed by atoms with Crippen molar-refractivity contribution in [2.75, 3.05) is 0 Å². The maximum atomic E-state index is 12.4. The third-order valence-corrected chi connectivity index (χ3v) is 2.94. The summed E-state index contributed by atoms with van der Waals surface area (Å²) in [6, 6.07) is 5.49. The molecule has 1 N–H and O–H groups in total. The molecule has 7 heteroatoms. The van der Waals surface area contributed by atoms with Crippen LogP contribution >= 0.6 is 11.6 Å². The Labute approximate surface area is 128 Å². The molecular weight excluding hydrogens is 319 g/mol. The molecule has 2 rings (SSSR count). The molecule has 1 heterocycles. The van der Waals surface area contributed by atoms with Crippen LogP contribution in [0, 0.1) is 0 Å². The summed E-state index contributed by atoms with van der Waals surface area (Å²) in [5.74, 6) is -0.955. The second-order valence-corrected chi connectivity index (χ2v) is 4.78. The number of hydrogen-bond acceptors (Lipinski definition) is 3. The molecule has 0 fully saturated rings. The minimum atomic E-state index is -4.41. The Morgan fingerprint density at radius 2 is 1.86 bits per heavy atom. The van der Waals surface area contributed by atoms with Crippen molar-refractivity contribution in [1.29, 1.82) is 0 Å². The van der Waals surface area contributed by atoms with Crippen molar-refractivity contribution < 1.29 is 23.1 Å². The molecule has 0 saturated carbocycles. The first-order chi connectivity index (χ1) is 10.3. The number of alkyl halides is 3. The second-order valence-electron chi connectivity index (χ2n) is 4.34. The number of ketones is 1. The molecule has 0 aliphatic heterocycles. The summed E-state index contributed by atoms with van der Waals surface area (Å²) in [7, 11) is 0. The van der Waals surface area contributed by atoms with Crippen LogP contribution in [0.25, 0.3) is 6.08 Å². The molecular formula is C15H9ClF3NO2. The van der Waals surface area contributed by atoms with E-state index in [0.29, 0.717) is 5.56 Å². The zero-order valence-electron chi connectivity index (χ0n) is 10.9. The molecule has 1 aromatic carbocycles. The summed E-state index contributed by atoms with van der Waals surface area (Å²) < 4.78 is 37.2. The van der Waals surface area contributed by atoms with E-state index in [1.165, 1.54) is 30.5 Å². The summed E-state index contributed by atoms with van der Waals surface area (Å²) in [6.45, 7) is 0. The van der Waals surface area contributed by atoms with Crippen molar-refractivity contribution in [3.63, 3.8) is 0 Å². The highest BCUT2D eigenvalue weighted by Gasteiger charge is 2.29. The summed E-state index contributed by atoms with van der Waals surface area (Å²) in [5, 5.41) is 9.74. The monoisotopic (exact) mass is 327 g/mol. The van der Waals surface area contributed by atoms with Crippen LogP contribution in [0.15, 0.2) is 42.6 Å². The molecule has 2 aromatic rings. The number of halogens is 4. The lowest BCUT2D eigenvalue weighted by atomic mass is 10.1. The zero-order chi connectivity index (χ0) is 16.3. The molecule has 1 aromatic heterocycles. The van der Waals surface area contributed by atoms with Crippen molar-refractivity contribution in [1.82, 2.24) is 4.98 Å². The smallest absolute Gasteiger partial charge is 0.416 e. The van der Waals surface area contributed by atoms with Crippen molar-refractivity contribution in [2.24, 2.45) is 0 Å². The van der Waals surface area contributed by atoms with E-state index >= 15 is 0 Å². The molecule has 0 saturated heterocycles. The van der Waals surface area contributed by atoms with Crippen LogP contribution in [0.5, 0.6) is 5.75 Å². The van der Waals surface area contributed by atoms with E-state index in [1.54, 1.807) is 0 Å². The van der Waals surface area contributed by atoms with E-state index < -0.39 is 17.5 Å². The lowest BCUT2D eigenvalue weighted by Gasteiger charge is -2.05. The number of benzene rings is 1. The van der Waals surface area contributed by atoms with Gasteiger partial charge in [-0.2, -0.15) is 13.2 Å². The number of nitrogens with zero attached hydrogens (tertiary/aromatic N) is 1. The quantitative estimate of drug-likeness (QED) is 0.673. The largest absolute Gasteiger partial charge is 0.505 e. The van der Waals surface area contributed by atoms with Gasteiger partial charge in [0.2, 0.25) is 5.78 Å². The number of aromatic hydroxyl groups is 1. The predicted molar refractivity (Wildman–Crippen MR) is 75.7 cm³/mol. The van der Waals surface area contributed by atoms with Gasteiger partial charge in [0, 0.05) is 12.3 Å². The SMILES string of the molecule is O=C(/C=C/c1ccc(C(F)(F)F)cc1)c1ncc(Cl)cc1O. The van der Waals surface area contributed by atoms with Crippen molar-refractivity contribution in [3.05, 3.63) is 64.4 Å². The van der Waals surface area contributed by atoms with Gasteiger partial charge in [-0.15, -0.1) is 0 Å².